The second-order valence-electron chi connectivity index (χ2n) is 5.41. The lowest BCUT2D eigenvalue weighted by Crippen LogP contribution is -2.66. The number of carbonyl (C=O) groups excluding carboxylic acids is 3. The summed E-state index contributed by atoms with van der Waals surface area (Å²) >= 11 is 0. The zero-order valence-electron chi connectivity index (χ0n) is 13.5. The van der Waals surface area contributed by atoms with Crippen LogP contribution in [0.4, 0.5) is 18.0 Å². The fourth-order valence-electron chi connectivity index (χ4n) is 1.63. The van der Waals surface area contributed by atoms with Crippen LogP contribution in [0.25, 0.3) is 0 Å². The van der Waals surface area contributed by atoms with Crippen LogP contribution in [0.1, 0.15) is 19.4 Å². The zero-order valence-corrected chi connectivity index (χ0v) is 13.5. The Hall–Kier alpha value is -2.78. The molecule has 0 aliphatic carbocycles. The Morgan fingerprint density at radius 2 is 1.76 bits per heavy atom. The normalized spacial score (nSPS) is 14.8. The smallest absolute Gasteiger partial charge is 0.420 e. The van der Waals surface area contributed by atoms with Crippen molar-refractivity contribution in [3.8, 4) is 0 Å². The first-order valence-corrected chi connectivity index (χ1v) is 7.13. The molecule has 10 heteroatoms. The van der Waals surface area contributed by atoms with E-state index in [-0.39, 0.29) is 6.61 Å². The Bertz CT molecular complexity index is 637. The molecule has 138 valence electrons. The molecule has 1 rings (SSSR count). The molecule has 0 spiro atoms. The van der Waals surface area contributed by atoms with Crippen LogP contribution in [0.15, 0.2) is 30.3 Å². The molecule has 0 unspecified atom stereocenters. The van der Waals surface area contributed by atoms with Gasteiger partial charge < -0.3 is 15.8 Å². The number of carbonyl (C=O) groups is 3. The number of rotatable bonds is 6. The van der Waals surface area contributed by atoms with Crippen LogP contribution < -0.4 is 16.4 Å². The Morgan fingerprint density at radius 1 is 1.20 bits per heavy atom. The zero-order chi connectivity index (χ0) is 19.3. The highest BCUT2D eigenvalue weighted by atomic mass is 19.4. The lowest BCUT2D eigenvalue weighted by molar-refractivity contribution is -0.194. The molecule has 2 atom stereocenters. The first-order chi connectivity index (χ1) is 11.5. The number of benzene rings is 1. The summed E-state index contributed by atoms with van der Waals surface area (Å²) in [5.74, 6) is -2.66. The van der Waals surface area contributed by atoms with Gasteiger partial charge in [0.15, 0.2) is 0 Å². The van der Waals surface area contributed by atoms with Crippen molar-refractivity contribution in [2.24, 2.45) is 5.73 Å². The number of alkyl carbamates (subject to hydrolysis) is 1. The number of hydrogen-bond acceptors (Lipinski definition) is 4. The van der Waals surface area contributed by atoms with Crippen molar-refractivity contribution in [1.29, 1.82) is 0 Å². The maximum atomic E-state index is 13.3. The summed E-state index contributed by atoms with van der Waals surface area (Å²) in [5.41, 5.74) is 2.16. The van der Waals surface area contributed by atoms with E-state index in [0.717, 1.165) is 6.92 Å². The summed E-state index contributed by atoms with van der Waals surface area (Å²) in [6, 6.07) is 6.91. The van der Waals surface area contributed by atoms with E-state index in [2.05, 4.69) is 0 Å². The minimum atomic E-state index is -5.14. The summed E-state index contributed by atoms with van der Waals surface area (Å²) in [7, 11) is 0. The molecule has 0 aliphatic rings. The minimum Gasteiger partial charge on any atom is -0.445 e. The molecule has 0 saturated heterocycles. The van der Waals surface area contributed by atoms with Crippen molar-refractivity contribution < 1.29 is 32.3 Å². The SMILES string of the molecule is C[C@H](NC(=O)[C@](C)(NC(=O)OCc1ccccc1)C(F)(F)F)C(N)=O. The van der Waals surface area contributed by atoms with Crippen molar-refractivity contribution >= 4 is 17.9 Å². The third-order valence-corrected chi connectivity index (χ3v) is 3.36. The van der Waals surface area contributed by atoms with Gasteiger partial charge >= 0.3 is 12.3 Å². The summed E-state index contributed by atoms with van der Waals surface area (Å²) < 4.78 is 44.5. The molecule has 7 nitrogen and oxygen atoms in total. The number of primary amides is 1. The molecule has 0 aromatic heterocycles. The highest BCUT2D eigenvalue weighted by Gasteiger charge is 2.58. The average molecular weight is 361 g/mol. The lowest BCUT2D eigenvalue weighted by Gasteiger charge is -2.31. The molecule has 0 aliphatic heterocycles. The van der Waals surface area contributed by atoms with E-state index in [9.17, 15) is 27.6 Å². The van der Waals surface area contributed by atoms with Gasteiger partial charge in [0.05, 0.1) is 0 Å². The van der Waals surface area contributed by atoms with Gasteiger partial charge in [-0.1, -0.05) is 30.3 Å². The van der Waals surface area contributed by atoms with E-state index >= 15 is 0 Å². The molecule has 3 amide bonds. The van der Waals surface area contributed by atoms with E-state index < -0.39 is 35.7 Å². The summed E-state index contributed by atoms with van der Waals surface area (Å²) in [4.78, 5) is 34.5. The highest BCUT2D eigenvalue weighted by Crippen LogP contribution is 2.30. The maximum Gasteiger partial charge on any atom is 0.420 e. The molecule has 0 saturated carbocycles. The molecule has 0 radical (unpaired) electrons. The summed E-state index contributed by atoms with van der Waals surface area (Å²) in [5, 5.41) is 3.30. The first kappa shape index (κ1) is 20.3. The van der Waals surface area contributed by atoms with Crippen LogP contribution >= 0.6 is 0 Å². The Morgan fingerprint density at radius 3 is 2.24 bits per heavy atom. The Balaban J connectivity index is 2.82. The molecule has 25 heavy (non-hydrogen) atoms. The van der Waals surface area contributed by atoms with E-state index in [4.69, 9.17) is 10.5 Å². The lowest BCUT2D eigenvalue weighted by atomic mass is 10.00. The second kappa shape index (κ2) is 7.86. The predicted molar refractivity (Wildman–Crippen MR) is 81.0 cm³/mol. The maximum absolute atomic E-state index is 13.3. The Labute approximate surface area is 141 Å². The number of ether oxygens (including phenoxy) is 1. The van der Waals surface area contributed by atoms with Crippen LogP contribution in [-0.4, -0.2) is 35.7 Å². The monoisotopic (exact) mass is 361 g/mol. The average Bonchev–Trinajstić information content (AvgIpc) is 2.52. The highest BCUT2D eigenvalue weighted by molar-refractivity contribution is 5.94. The first-order valence-electron chi connectivity index (χ1n) is 7.13. The van der Waals surface area contributed by atoms with E-state index in [0.29, 0.717) is 12.5 Å². The van der Waals surface area contributed by atoms with Gasteiger partial charge in [0.1, 0.15) is 12.6 Å². The van der Waals surface area contributed by atoms with E-state index in [1.165, 1.54) is 5.32 Å². The van der Waals surface area contributed by atoms with Gasteiger partial charge in [0.25, 0.3) is 5.91 Å². The summed E-state index contributed by atoms with van der Waals surface area (Å²) in [6.07, 6.45) is -6.58. The second-order valence-corrected chi connectivity index (χ2v) is 5.41. The molecule has 4 N–H and O–H groups in total. The molecule has 0 heterocycles. The molecular weight excluding hydrogens is 343 g/mol. The largest absolute Gasteiger partial charge is 0.445 e. The number of nitrogens with one attached hydrogen (secondary N) is 2. The van der Waals surface area contributed by atoms with Gasteiger partial charge in [-0.25, -0.2) is 4.79 Å². The van der Waals surface area contributed by atoms with E-state index in [1.54, 1.807) is 35.6 Å². The number of amides is 3. The minimum absolute atomic E-state index is 0.278. The van der Waals surface area contributed by atoms with Gasteiger partial charge in [-0.2, -0.15) is 13.2 Å². The molecule has 1 aromatic rings. The van der Waals surface area contributed by atoms with Crippen LogP contribution in [0, 0.1) is 0 Å². The van der Waals surface area contributed by atoms with Gasteiger partial charge in [0.2, 0.25) is 11.4 Å². The van der Waals surface area contributed by atoms with Crippen molar-refractivity contribution in [3.05, 3.63) is 35.9 Å². The third kappa shape index (κ3) is 5.37. The number of halogens is 3. The van der Waals surface area contributed by atoms with Crippen molar-refractivity contribution in [1.82, 2.24) is 10.6 Å². The number of nitrogens with two attached hydrogens (primary N) is 1. The Kier molecular flexibility index (Phi) is 6.37. The third-order valence-electron chi connectivity index (χ3n) is 3.36. The summed E-state index contributed by atoms with van der Waals surface area (Å²) in [6.45, 7) is 1.30. The topological polar surface area (TPSA) is 111 Å². The quantitative estimate of drug-likeness (QED) is 0.707. The van der Waals surface area contributed by atoms with Gasteiger partial charge in [-0.15, -0.1) is 0 Å². The van der Waals surface area contributed by atoms with Crippen LogP contribution in [-0.2, 0) is 20.9 Å². The predicted octanol–water partition coefficient (Wildman–Crippen LogP) is 1.22. The number of hydrogen-bond donors (Lipinski definition) is 3. The molecule has 1 aromatic carbocycles. The van der Waals surface area contributed by atoms with Gasteiger partial charge in [-0.05, 0) is 19.4 Å². The van der Waals surface area contributed by atoms with Crippen molar-refractivity contribution in [3.63, 3.8) is 0 Å². The molecular formula is C15H18F3N3O4. The van der Waals surface area contributed by atoms with Crippen LogP contribution in [0.2, 0.25) is 0 Å². The fourth-order valence-corrected chi connectivity index (χ4v) is 1.63. The van der Waals surface area contributed by atoms with Crippen LogP contribution in [0.5, 0.6) is 0 Å². The van der Waals surface area contributed by atoms with Crippen molar-refractivity contribution in [2.45, 2.75) is 38.2 Å². The molecule has 0 fully saturated rings. The van der Waals surface area contributed by atoms with Gasteiger partial charge in [0, 0.05) is 0 Å². The molecule has 0 bridgehead atoms. The fraction of sp³-hybridized carbons (Fsp3) is 0.400. The van der Waals surface area contributed by atoms with E-state index in [1.807, 2.05) is 0 Å². The standard InChI is InChI=1S/C15H18F3N3O4/c1-9(11(19)22)20-12(23)14(2,15(16,17)18)21-13(24)25-8-10-6-4-3-5-7-10/h3-7,9H,8H2,1-2H3,(H2,19,22)(H,20,23)(H,21,24)/t9-,14-/m0/s1. The van der Waals surface area contributed by atoms with Crippen LogP contribution in [0.3, 0.4) is 0 Å². The van der Waals surface area contributed by atoms with Gasteiger partial charge in [-0.3, -0.25) is 14.9 Å². The number of alkyl halides is 3. The van der Waals surface area contributed by atoms with Crippen molar-refractivity contribution in [2.75, 3.05) is 0 Å².